The molecule has 1 aliphatic rings. The van der Waals surface area contributed by atoms with Crippen LogP contribution >= 0.6 is 0 Å². The smallest absolute Gasteiger partial charge is 0.246 e. The van der Waals surface area contributed by atoms with Gasteiger partial charge in [0.05, 0.1) is 13.3 Å². The molecule has 0 fully saturated rings. The van der Waals surface area contributed by atoms with Crippen molar-refractivity contribution in [1.82, 2.24) is 9.97 Å². The van der Waals surface area contributed by atoms with E-state index in [1.165, 1.54) is 0 Å². The van der Waals surface area contributed by atoms with Gasteiger partial charge in [0.1, 0.15) is 5.69 Å². The minimum Gasteiger partial charge on any atom is -0.480 e. The van der Waals surface area contributed by atoms with Crippen molar-refractivity contribution in [2.24, 2.45) is 0 Å². The van der Waals surface area contributed by atoms with E-state index in [0.29, 0.717) is 17.5 Å². The Bertz CT molecular complexity index is 895. The van der Waals surface area contributed by atoms with Crippen molar-refractivity contribution in [1.29, 1.82) is 0 Å². The summed E-state index contributed by atoms with van der Waals surface area (Å²) in [6.45, 7) is 2.06. The Kier molecular flexibility index (Phi) is 3.54. The molecule has 0 saturated heterocycles. The Hall–Kier alpha value is -3.08. The largest absolute Gasteiger partial charge is 0.480 e. The molecule has 2 heterocycles. The molecule has 5 nitrogen and oxygen atoms in total. The molecule has 0 bridgehead atoms. The lowest BCUT2D eigenvalue weighted by Gasteiger charge is -2.21. The second kappa shape index (κ2) is 5.85. The van der Waals surface area contributed by atoms with Crippen molar-refractivity contribution in [3.8, 4) is 23.0 Å². The molecule has 24 heavy (non-hydrogen) atoms. The number of ether oxygens (including phenoxy) is 2. The molecular weight excluding hydrogens is 302 g/mol. The number of benzene rings is 2. The first-order valence-corrected chi connectivity index (χ1v) is 7.75. The van der Waals surface area contributed by atoms with Crippen LogP contribution in [-0.2, 0) is 0 Å². The Labute approximate surface area is 140 Å². The minimum absolute atomic E-state index is 0.352. The van der Waals surface area contributed by atoms with Crippen LogP contribution in [0.15, 0.2) is 54.7 Å². The van der Waals surface area contributed by atoms with Crippen molar-refractivity contribution in [2.45, 2.75) is 13.2 Å². The highest BCUT2D eigenvalue weighted by atomic mass is 16.5. The maximum absolute atomic E-state index is 6.18. The van der Waals surface area contributed by atoms with Crippen LogP contribution in [0.2, 0.25) is 0 Å². The third kappa shape index (κ3) is 2.44. The van der Waals surface area contributed by atoms with E-state index in [0.717, 1.165) is 22.4 Å². The average Bonchev–Trinajstić information content (AvgIpc) is 2.78. The first-order chi connectivity index (χ1) is 11.8. The molecule has 4 rings (SSSR count). The van der Waals surface area contributed by atoms with Crippen molar-refractivity contribution in [3.05, 3.63) is 65.9 Å². The van der Waals surface area contributed by atoms with E-state index in [1.54, 1.807) is 13.3 Å². The summed E-state index contributed by atoms with van der Waals surface area (Å²) >= 11 is 0. The fourth-order valence-corrected chi connectivity index (χ4v) is 2.84. The van der Waals surface area contributed by atoms with E-state index >= 15 is 0 Å². The van der Waals surface area contributed by atoms with E-state index in [1.807, 2.05) is 42.5 Å². The van der Waals surface area contributed by atoms with E-state index < -0.39 is 0 Å². The Morgan fingerprint density at radius 1 is 1.08 bits per heavy atom. The van der Waals surface area contributed by atoms with Gasteiger partial charge in [-0.15, -0.1) is 0 Å². The SMILES string of the molecule is COc1cnc2c(n1)OC(c1ccccc1C)Nc1ccccc1-2. The zero-order valence-corrected chi connectivity index (χ0v) is 13.5. The highest BCUT2D eigenvalue weighted by Gasteiger charge is 2.26. The monoisotopic (exact) mass is 319 g/mol. The molecule has 1 N–H and O–H groups in total. The number of hydrogen-bond donors (Lipinski definition) is 1. The second-order valence-corrected chi connectivity index (χ2v) is 5.61. The molecule has 2 aromatic carbocycles. The van der Waals surface area contributed by atoms with Crippen molar-refractivity contribution >= 4 is 5.69 Å². The predicted molar refractivity (Wildman–Crippen MR) is 92.2 cm³/mol. The van der Waals surface area contributed by atoms with Gasteiger partial charge >= 0.3 is 0 Å². The second-order valence-electron chi connectivity index (χ2n) is 5.61. The molecule has 1 atom stereocenters. The highest BCUT2D eigenvalue weighted by molar-refractivity contribution is 5.79. The molecule has 5 heteroatoms. The van der Waals surface area contributed by atoms with Gasteiger partial charge in [-0.3, -0.25) is 0 Å². The Morgan fingerprint density at radius 2 is 1.88 bits per heavy atom. The standard InChI is InChI=1S/C19H17N3O2/c1-12-7-3-4-8-13(12)18-21-15-10-6-5-9-14(15)17-19(24-18)22-16(23-2)11-20-17/h3-11,18,21H,1-2H3. The van der Waals surface area contributed by atoms with Crippen molar-refractivity contribution in [2.75, 3.05) is 12.4 Å². The van der Waals surface area contributed by atoms with Crippen LogP contribution in [0, 0.1) is 6.92 Å². The van der Waals surface area contributed by atoms with Gasteiger partial charge in [0.15, 0.2) is 6.23 Å². The fourth-order valence-electron chi connectivity index (χ4n) is 2.84. The Balaban J connectivity index is 1.89. The van der Waals surface area contributed by atoms with Crippen LogP contribution in [0.4, 0.5) is 5.69 Å². The highest BCUT2D eigenvalue weighted by Crippen LogP contribution is 2.40. The summed E-state index contributed by atoms with van der Waals surface area (Å²) < 4.78 is 11.4. The van der Waals surface area contributed by atoms with Gasteiger partial charge in [-0.2, -0.15) is 4.98 Å². The summed E-state index contributed by atoms with van der Waals surface area (Å²) in [5.41, 5.74) is 4.83. The first-order valence-electron chi connectivity index (χ1n) is 7.75. The molecule has 0 saturated carbocycles. The van der Waals surface area contributed by atoms with Gasteiger partial charge in [0.25, 0.3) is 0 Å². The lowest BCUT2D eigenvalue weighted by atomic mass is 10.1. The maximum Gasteiger partial charge on any atom is 0.246 e. The number of hydrogen-bond acceptors (Lipinski definition) is 5. The topological polar surface area (TPSA) is 56.3 Å². The quantitative estimate of drug-likeness (QED) is 0.774. The average molecular weight is 319 g/mol. The maximum atomic E-state index is 6.18. The van der Waals surface area contributed by atoms with Gasteiger partial charge < -0.3 is 14.8 Å². The minimum atomic E-state index is -0.352. The van der Waals surface area contributed by atoms with Crippen LogP contribution in [0.25, 0.3) is 11.3 Å². The molecule has 0 amide bonds. The van der Waals surface area contributed by atoms with E-state index in [2.05, 4.69) is 28.3 Å². The number of nitrogens with zero attached hydrogens (tertiary/aromatic N) is 2. The predicted octanol–water partition coefficient (Wildman–Crippen LogP) is 3.96. The number of fused-ring (bicyclic) bond motifs is 3. The summed E-state index contributed by atoms with van der Waals surface area (Å²) in [6.07, 6.45) is 1.25. The summed E-state index contributed by atoms with van der Waals surface area (Å²) in [4.78, 5) is 8.94. The summed E-state index contributed by atoms with van der Waals surface area (Å²) in [5.74, 6) is 0.886. The van der Waals surface area contributed by atoms with Gasteiger partial charge in [-0.1, -0.05) is 42.5 Å². The normalized spacial score (nSPS) is 15.3. The van der Waals surface area contributed by atoms with Crippen LogP contribution in [0.3, 0.4) is 0 Å². The fraction of sp³-hybridized carbons (Fsp3) is 0.158. The van der Waals surface area contributed by atoms with Gasteiger partial charge in [-0.05, 0) is 18.6 Å². The third-order valence-electron chi connectivity index (χ3n) is 4.10. The van der Waals surface area contributed by atoms with Crippen LogP contribution in [-0.4, -0.2) is 17.1 Å². The van der Waals surface area contributed by atoms with Crippen LogP contribution < -0.4 is 14.8 Å². The summed E-state index contributed by atoms with van der Waals surface area (Å²) in [6, 6.07) is 16.1. The molecule has 0 spiro atoms. The lowest BCUT2D eigenvalue weighted by Crippen LogP contribution is -2.18. The number of aryl methyl sites for hydroxylation is 1. The van der Waals surface area contributed by atoms with Crippen molar-refractivity contribution in [3.63, 3.8) is 0 Å². The number of para-hydroxylation sites is 1. The number of aromatic nitrogens is 2. The molecule has 1 aromatic heterocycles. The number of rotatable bonds is 2. The lowest BCUT2D eigenvalue weighted by molar-refractivity contribution is 0.224. The summed E-state index contributed by atoms with van der Waals surface area (Å²) in [7, 11) is 1.57. The van der Waals surface area contributed by atoms with Crippen molar-refractivity contribution < 1.29 is 9.47 Å². The molecule has 0 aliphatic carbocycles. The van der Waals surface area contributed by atoms with E-state index in [9.17, 15) is 0 Å². The molecule has 120 valence electrons. The van der Waals surface area contributed by atoms with E-state index in [4.69, 9.17) is 9.47 Å². The number of anilines is 1. The molecular formula is C19H17N3O2. The third-order valence-corrected chi connectivity index (χ3v) is 4.10. The molecule has 3 aromatic rings. The molecule has 1 aliphatic heterocycles. The summed E-state index contributed by atoms with van der Waals surface area (Å²) in [5, 5.41) is 3.46. The van der Waals surface area contributed by atoms with Gasteiger partial charge in [0.2, 0.25) is 11.8 Å². The Morgan fingerprint density at radius 3 is 2.71 bits per heavy atom. The number of nitrogens with one attached hydrogen (secondary N) is 1. The molecule has 0 radical (unpaired) electrons. The van der Waals surface area contributed by atoms with Gasteiger partial charge in [0, 0.05) is 16.8 Å². The van der Waals surface area contributed by atoms with E-state index in [-0.39, 0.29) is 6.23 Å². The van der Waals surface area contributed by atoms with Crippen LogP contribution in [0.5, 0.6) is 11.8 Å². The van der Waals surface area contributed by atoms with Crippen LogP contribution in [0.1, 0.15) is 17.4 Å². The zero-order chi connectivity index (χ0) is 16.5. The first kappa shape index (κ1) is 14.5. The number of methoxy groups -OCH3 is 1. The zero-order valence-electron chi connectivity index (χ0n) is 13.5. The van der Waals surface area contributed by atoms with Gasteiger partial charge in [-0.25, -0.2) is 4.98 Å². The molecule has 1 unspecified atom stereocenters.